The predicted octanol–water partition coefficient (Wildman–Crippen LogP) is 6.24. The van der Waals surface area contributed by atoms with Gasteiger partial charge in [0.25, 0.3) is 0 Å². The second-order valence-corrected chi connectivity index (χ2v) is 10.2. The number of aryl methyl sites for hydroxylation is 1. The molecule has 1 N–H and O–H groups in total. The van der Waals surface area contributed by atoms with E-state index in [9.17, 15) is 4.79 Å². The van der Waals surface area contributed by atoms with Gasteiger partial charge in [-0.2, -0.15) is 0 Å². The van der Waals surface area contributed by atoms with Gasteiger partial charge >= 0.3 is 6.03 Å². The van der Waals surface area contributed by atoms with E-state index in [-0.39, 0.29) is 11.4 Å². The molecule has 0 aliphatic heterocycles. The summed E-state index contributed by atoms with van der Waals surface area (Å²) in [6.07, 6.45) is 3.18. The lowest BCUT2D eigenvalue weighted by Gasteiger charge is -2.15. The average Bonchev–Trinajstić information content (AvgIpc) is 3.08. The standard InChI is InChI=1S/C20H21ClIN5OS/c1-12-23-9-15(10-24-12)25-19(28)27(22)11-16-17(13-6-5-7-14(21)8-13)26-18(29-16)20(2,3)4/h5-10H,11H2,1-4H3,(H,25,28). The maximum absolute atomic E-state index is 12.6. The molecule has 0 saturated heterocycles. The number of rotatable bonds is 4. The van der Waals surface area contributed by atoms with Gasteiger partial charge in [0.05, 0.1) is 63.1 Å². The van der Waals surface area contributed by atoms with Crippen molar-refractivity contribution >= 4 is 57.5 Å². The normalized spacial score (nSPS) is 11.4. The van der Waals surface area contributed by atoms with Crippen LogP contribution in [0.4, 0.5) is 10.5 Å². The smallest absolute Gasteiger partial charge is 0.304 e. The van der Waals surface area contributed by atoms with Crippen LogP contribution in [0.15, 0.2) is 36.7 Å². The molecule has 152 valence electrons. The zero-order valence-corrected chi connectivity index (χ0v) is 20.3. The Morgan fingerprint density at radius 1 is 1.28 bits per heavy atom. The van der Waals surface area contributed by atoms with E-state index in [0.717, 1.165) is 21.1 Å². The Bertz CT molecular complexity index is 1020. The Morgan fingerprint density at radius 3 is 2.59 bits per heavy atom. The minimum Gasteiger partial charge on any atom is -0.304 e. The highest BCUT2D eigenvalue weighted by Crippen LogP contribution is 2.36. The van der Waals surface area contributed by atoms with E-state index in [1.807, 2.05) is 47.1 Å². The van der Waals surface area contributed by atoms with Gasteiger partial charge in [-0.3, -0.25) is 3.11 Å². The van der Waals surface area contributed by atoms with Gasteiger partial charge in [0, 0.05) is 16.0 Å². The van der Waals surface area contributed by atoms with Crippen molar-refractivity contribution in [3.05, 3.63) is 57.4 Å². The quantitative estimate of drug-likeness (QED) is 0.313. The van der Waals surface area contributed by atoms with Gasteiger partial charge in [-0.1, -0.05) is 44.5 Å². The van der Waals surface area contributed by atoms with E-state index < -0.39 is 0 Å². The summed E-state index contributed by atoms with van der Waals surface area (Å²) in [7, 11) is 0. The molecule has 0 saturated carbocycles. The van der Waals surface area contributed by atoms with E-state index in [1.54, 1.807) is 33.8 Å². The van der Waals surface area contributed by atoms with Gasteiger partial charge in [0.1, 0.15) is 5.82 Å². The number of anilines is 1. The van der Waals surface area contributed by atoms with Crippen molar-refractivity contribution in [2.45, 2.75) is 39.7 Å². The van der Waals surface area contributed by atoms with Crippen LogP contribution in [-0.2, 0) is 12.0 Å². The zero-order chi connectivity index (χ0) is 21.2. The summed E-state index contributed by atoms with van der Waals surface area (Å²) in [5, 5.41) is 4.48. The van der Waals surface area contributed by atoms with Crippen molar-refractivity contribution < 1.29 is 4.79 Å². The first-order valence-corrected chi connectivity index (χ1v) is 11.1. The molecular weight excluding hydrogens is 521 g/mol. The third-order valence-electron chi connectivity index (χ3n) is 3.97. The summed E-state index contributed by atoms with van der Waals surface area (Å²) in [6, 6.07) is 7.37. The molecule has 0 atom stereocenters. The number of nitrogens with one attached hydrogen (secondary N) is 1. The van der Waals surface area contributed by atoms with Crippen molar-refractivity contribution in [3.8, 4) is 11.3 Å². The number of hydrogen-bond acceptors (Lipinski definition) is 5. The van der Waals surface area contributed by atoms with Gasteiger partial charge in [-0.05, 0) is 19.1 Å². The third-order valence-corrected chi connectivity index (χ3v) is 6.45. The third kappa shape index (κ3) is 5.64. The molecule has 6 nitrogen and oxygen atoms in total. The minimum atomic E-state index is -0.249. The van der Waals surface area contributed by atoms with Crippen LogP contribution in [0.25, 0.3) is 11.3 Å². The molecule has 0 radical (unpaired) electrons. The average molecular weight is 542 g/mol. The van der Waals surface area contributed by atoms with Gasteiger partial charge < -0.3 is 5.32 Å². The van der Waals surface area contributed by atoms with Crippen LogP contribution in [0.2, 0.25) is 5.02 Å². The number of urea groups is 1. The predicted molar refractivity (Wildman–Crippen MR) is 127 cm³/mol. The monoisotopic (exact) mass is 541 g/mol. The molecule has 3 aromatic rings. The number of thiazole rings is 1. The first-order valence-electron chi connectivity index (χ1n) is 8.92. The highest BCUT2D eigenvalue weighted by molar-refractivity contribution is 14.1. The lowest BCUT2D eigenvalue weighted by Crippen LogP contribution is -2.26. The second-order valence-electron chi connectivity index (χ2n) is 7.52. The first-order chi connectivity index (χ1) is 13.6. The van der Waals surface area contributed by atoms with E-state index >= 15 is 0 Å². The van der Waals surface area contributed by atoms with Gasteiger partial charge in [-0.15, -0.1) is 11.3 Å². The molecule has 0 aliphatic rings. The zero-order valence-electron chi connectivity index (χ0n) is 16.5. The summed E-state index contributed by atoms with van der Waals surface area (Å²) < 4.78 is 1.59. The van der Waals surface area contributed by atoms with Crippen molar-refractivity contribution in [3.63, 3.8) is 0 Å². The number of hydrogen-bond donors (Lipinski definition) is 1. The van der Waals surface area contributed by atoms with E-state index in [1.165, 1.54) is 0 Å². The fraction of sp³-hybridized carbons (Fsp3) is 0.300. The molecule has 9 heteroatoms. The highest BCUT2D eigenvalue weighted by Gasteiger charge is 2.24. The van der Waals surface area contributed by atoms with E-state index in [4.69, 9.17) is 16.6 Å². The molecule has 2 heterocycles. The SMILES string of the molecule is Cc1ncc(NC(=O)N(I)Cc2sc(C(C)(C)C)nc2-c2cccc(Cl)c2)cn1. The molecule has 0 spiro atoms. The van der Waals surface area contributed by atoms with Crippen molar-refractivity contribution in [1.29, 1.82) is 0 Å². The number of aromatic nitrogens is 3. The summed E-state index contributed by atoms with van der Waals surface area (Å²) in [5.41, 5.74) is 2.26. The number of halogens is 2. The van der Waals surface area contributed by atoms with Crippen LogP contribution < -0.4 is 5.32 Å². The van der Waals surface area contributed by atoms with Crippen LogP contribution in [0.5, 0.6) is 0 Å². The Morgan fingerprint density at radius 2 is 1.97 bits per heavy atom. The minimum absolute atomic E-state index is 0.0894. The molecule has 0 fully saturated rings. The molecule has 0 bridgehead atoms. The highest BCUT2D eigenvalue weighted by atomic mass is 127. The summed E-state index contributed by atoms with van der Waals surface area (Å²) in [5.74, 6) is 0.653. The van der Waals surface area contributed by atoms with E-state index in [0.29, 0.717) is 23.1 Å². The number of nitrogens with zero attached hydrogens (tertiary/aromatic N) is 4. The van der Waals surface area contributed by atoms with Crippen molar-refractivity contribution in [2.24, 2.45) is 0 Å². The maximum Gasteiger partial charge on any atom is 0.331 e. The number of benzene rings is 1. The van der Waals surface area contributed by atoms with E-state index in [2.05, 4.69) is 36.1 Å². The summed E-state index contributed by atoms with van der Waals surface area (Å²) in [6.45, 7) is 8.59. The Balaban J connectivity index is 1.85. The topological polar surface area (TPSA) is 71.0 Å². The van der Waals surface area contributed by atoms with Crippen molar-refractivity contribution in [2.75, 3.05) is 5.32 Å². The Kier molecular flexibility index (Phi) is 6.75. The lowest BCUT2D eigenvalue weighted by molar-refractivity contribution is 0.241. The molecule has 0 aliphatic carbocycles. The molecule has 2 amide bonds. The summed E-state index contributed by atoms with van der Waals surface area (Å²) in [4.78, 5) is 26.7. The largest absolute Gasteiger partial charge is 0.331 e. The molecule has 29 heavy (non-hydrogen) atoms. The second kappa shape index (κ2) is 8.93. The van der Waals surface area contributed by atoms with Gasteiger partial charge in [0.15, 0.2) is 0 Å². The van der Waals surface area contributed by atoms with Gasteiger partial charge in [0.2, 0.25) is 0 Å². The molecular formula is C20H21ClIN5OS. The number of carbonyl (C=O) groups is 1. The number of carbonyl (C=O) groups excluding carboxylic acids is 1. The fourth-order valence-electron chi connectivity index (χ4n) is 2.48. The Labute approximate surface area is 193 Å². The van der Waals surface area contributed by atoms with Crippen LogP contribution in [0.1, 0.15) is 36.5 Å². The van der Waals surface area contributed by atoms with Crippen molar-refractivity contribution in [1.82, 2.24) is 18.1 Å². The molecule has 0 unspecified atom stereocenters. The maximum atomic E-state index is 12.6. The van der Waals surface area contributed by atoms with Gasteiger partial charge in [-0.25, -0.2) is 19.7 Å². The molecule has 2 aromatic heterocycles. The number of amides is 2. The molecule has 1 aromatic carbocycles. The fourth-order valence-corrected chi connectivity index (χ4v) is 4.49. The lowest BCUT2D eigenvalue weighted by atomic mass is 9.98. The van der Waals surface area contributed by atoms with Crippen LogP contribution in [0, 0.1) is 6.92 Å². The van der Waals surface area contributed by atoms with Crippen LogP contribution in [0.3, 0.4) is 0 Å². The first kappa shape index (κ1) is 21.9. The Hall–Kier alpha value is -1.78. The summed E-state index contributed by atoms with van der Waals surface area (Å²) >= 11 is 9.82. The molecule has 3 rings (SSSR count). The van der Waals surface area contributed by atoms with Crippen LogP contribution >= 0.6 is 45.8 Å². The van der Waals surface area contributed by atoms with Crippen LogP contribution in [-0.4, -0.2) is 24.1 Å².